The summed E-state index contributed by atoms with van der Waals surface area (Å²) in [6.07, 6.45) is 2.86. The predicted molar refractivity (Wildman–Crippen MR) is 84.8 cm³/mol. The zero-order valence-corrected chi connectivity index (χ0v) is 13.3. The molecule has 0 unspecified atom stereocenters. The summed E-state index contributed by atoms with van der Waals surface area (Å²) in [4.78, 5) is 23.4. The number of hydrogen-bond donors (Lipinski definition) is 1. The van der Waals surface area contributed by atoms with Gasteiger partial charge in [0.05, 0.1) is 12.2 Å². The Kier molecular flexibility index (Phi) is 7.83. The molecule has 1 atom stereocenters. The summed E-state index contributed by atoms with van der Waals surface area (Å²) >= 11 is 5.80. The quantitative estimate of drug-likeness (QED) is 0.448. The van der Waals surface area contributed by atoms with E-state index in [2.05, 4.69) is 5.32 Å². The van der Waals surface area contributed by atoms with Crippen LogP contribution in [0.1, 0.15) is 49.9 Å². The van der Waals surface area contributed by atoms with Crippen LogP contribution in [0.15, 0.2) is 24.3 Å². The molecule has 21 heavy (non-hydrogen) atoms. The average Bonchev–Trinajstić information content (AvgIpc) is 2.46. The lowest BCUT2D eigenvalue weighted by Crippen LogP contribution is -2.13. The van der Waals surface area contributed by atoms with Gasteiger partial charge in [0.15, 0.2) is 0 Å². The highest BCUT2D eigenvalue weighted by molar-refractivity contribution is 6.20. The summed E-state index contributed by atoms with van der Waals surface area (Å²) in [5.74, 6) is -0.418. The Labute approximate surface area is 130 Å². The summed E-state index contributed by atoms with van der Waals surface area (Å²) in [5.41, 5.74) is 1.14. The first-order valence-corrected chi connectivity index (χ1v) is 7.67. The molecule has 4 nitrogen and oxygen atoms in total. The van der Waals surface area contributed by atoms with E-state index in [1.54, 1.807) is 24.3 Å². The van der Waals surface area contributed by atoms with E-state index in [0.717, 1.165) is 12.8 Å². The van der Waals surface area contributed by atoms with Crippen molar-refractivity contribution in [3.05, 3.63) is 29.8 Å². The molecular formula is C16H22ClNO3. The number of nitrogens with one attached hydrogen (secondary N) is 1. The number of hydrogen-bond acceptors (Lipinski definition) is 3. The van der Waals surface area contributed by atoms with E-state index in [-0.39, 0.29) is 17.3 Å². The summed E-state index contributed by atoms with van der Waals surface area (Å²) in [5, 5.41) is 2.75. The van der Waals surface area contributed by atoms with Crippen LogP contribution in [0.4, 0.5) is 5.69 Å². The summed E-state index contributed by atoms with van der Waals surface area (Å²) < 4.78 is 5.11. The van der Waals surface area contributed by atoms with Crippen molar-refractivity contribution in [1.29, 1.82) is 0 Å². The smallest absolute Gasteiger partial charge is 0.338 e. The van der Waals surface area contributed by atoms with Crippen LogP contribution in [0.3, 0.4) is 0 Å². The first-order valence-electron chi connectivity index (χ1n) is 7.24. The topological polar surface area (TPSA) is 55.4 Å². The third-order valence-electron chi connectivity index (χ3n) is 2.90. The number of ether oxygens (including phenoxy) is 1. The minimum atomic E-state index is -0.336. The van der Waals surface area contributed by atoms with E-state index in [9.17, 15) is 9.59 Å². The van der Waals surface area contributed by atoms with Crippen LogP contribution < -0.4 is 5.32 Å². The van der Waals surface area contributed by atoms with E-state index in [1.807, 2.05) is 13.8 Å². The number of carbonyl (C=O) groups excluding carboxylic acids is 2. The molecule has 0 aliphatic heterocycles. The van der Waals surface area contributed by atoms with Gasteiger partial charge in [0, 0.05) is 17.5 Å². The van der Waals surface area contributed by atoms with E-state index < -0.39 is 0 Å². The van der Waals surface area contributed by atoms with Crippen molar-refractivity contribution in [2.45, 2.75) is 44.9 Å². The highest BCUT2D eigenvalue weighted by Crippen LogP contribution is 2.12. The zero-order valence-electron chi connectivity index (χ0n) is 12.5. The molecule has 0 bridgehead atoms. The maximum atomic E-state index is 11.7. The molecule has 116 valence electrons. The van der Waals surface area contributed by atoms with Gasteiger partial charge in [0.2, 0.25) is 5.91 Å². The Hall–Kier alpha value is -1.55. The maximum absolute atomic E-state index is 11.7. The van der Waals surface area contributed by atoms with Crippen LogP contribution in [0.2, 0.25) is 0 Å². The lowest BCUT2D eigenvalue weighted by Gasteiger charge is -2.07. The van der Waals surface area contributed by atoms with Gasteiger partial charge in [-0.05, 0) is 44.0 Å². The summed E-state index contributed by atoms with van der Waals surface area (Å²) in [6.45, 7) is 4.33. The fraction of sp³-hybridized carbons (Fsp3) is 0.500. The van der Waals surface area contributed by atoms with Crippen LogP contribution in [0.25, 0.3) is 0 Å². The SMILES string of the molecule is CCCCOC(=O)c1ccc(NC(=O)CC[C@@H](C)Cl)cc1. The number of benzene rings is 1. The van der Waals surface area contributed by atoms with Gasteiger partial charge in [0.25, 0.3) is 0 Å². The third-order valence-corrected chi connectivity index (χ3v) is 3.12. The van der Waals surface area contributed by atoms with Crippen molar-refractivity contribution < 1.29 is 14.3 Å². The molecule has 0 saturated carbocycles. The number of unbranched alkanes of at least 4 members (excludes halogenated alkanes) is 1. The van der Waals surface area contributed by atoms with E-state index in [0.29, 0.717) is 30.7 Å². The van der Waals surface area contributed by atoms with Crippen molar-refractivity contribution in [2.75, 3.05) is 11.9 Å². The minimum absolute atomic E-state index is 0.0176. The molecule has 0 aromatic heterocycles. The minimum Gasteiger partial charge on any atom is -0.462 e. The maximum Gasteiger partial charge on any atom is 0.338 e. The number of alkyl halides is 1. The summed E-state index contributed by atoms with van der Waals surface area (Å²) in [7, 11) is 0. The molecule has 0 aliphatic carbocycles. The van der Waals surface area contributed by atoms with Gasteiger partial charge in [-0.25, -0.2) is 4.79 Å². The number of anilines is 1. The van der Waals surface area contributed by atoms with Crippen LogP contribution in [-0.2, 0) is 9.53 Å². The van der Waals surface area contributed by atoms with Crippen molar-refractivity contribution in [3.63, 3.8) is 0 Å². The van der Waals surface area contributed by atoms with Crippen LogP contribution in [-0.4, -0.2) is 23.9 Å². The van der Waals surface area contributed by atoms with Gasteiger partial charge in [-0.1, -0.05) is 13.3 Å². The van der Waals surface area contributed by atoms with Crippen LogP contribution >= 0.6 is 11.6 Å². The predicted octanol–water partition coefficient (Wildman–Crippen LogP) is 3.99. The second kappa shape index (κ2) is 9.40. The van der Waals surface area contributed by atoms with Crippen molar-refractivity contribution in [1.82, 2.24) is 0 Å². The lowest BCUT2D eigenvalue weighted by atomic mass is 10.2. The fourth-order valence-electron chi connectivity index (χ4n) is 1.64. The third kappa shape index (κ3) is 7.14. The lowest BCUT2D eigenvalue weighted by molar-refractivity contribution is -0.116. The number of amides is 1. The molecule has 0 spiro atoms. The van der Waals surface area contributed by atoms with Gasteiger partial charge in [-0.2, -0.15) is 0 Å². The second-order valence-electron chi connectivity index (χ2n) is 4.93. The van der Waals surface area contributed by atoms with Crippen LogP contribution in [0.5, 0.6) is 0 Å². The number of carbonyl (C=O) groups is 2. The Morgan fingerprint density at radius 2 is 1.95 bits per heavy atom. The Morgan fingerprint density at radius 1 is 1.29 bits per heavy atom. The molecule has 1 amide bonds. The Bertz CT molecular complexity index is 457. The molecule has 1 rings (SSSR count). The standard InChI is InChI=1S/C16H22ClNO3/c1-3-4-11-21-16(20)13-6-8-14(9-7-13)18-15(19)10-5-12(2)17/h6-9,12H,3-5,10-11H2,1-2H3,(H,18,19)/t12-/m1/s1. The first-order chi connectivity index (χ1) is 10.0. The number of esters is 1. The molecule has 5 heteroatoms. The van der Waals surface area contributed by atoms with E-state index >= 15 is 0 Å². The molecule has 0 radical (unpaired) electrons. The first kappa shape index (κ1) is 17.5. The van der Waals surface area contributed by atoms with E-state index in [1.165, 1.54) is 0 Å². The average molecular weight is 312 g/mol. The normalized spacial score (nSPS) is 11.8. The van der Waals surface area contributed by atoms with Crippen molar-refractivity contribution in [2.24, 2.45) is 0 Å². The Morgan fingerprint density at radius 3 is 2.52 bits per heavy atom. The number of halogens is 1. The van der Waals surface area contributed by atoms with Crippen molar-refractivity contribution >= 4 is 29.2 Å². The second-order valence-corrected chi connectivity index (χ2v) is 5.68. The molecular weight excluding hydrogens is 290 g/mol. The van der Waals surface area contributed by atoms with Gasteiger partial charge in [-0.15, -0.1) is 11.6 Å². The fourth-order valence-corrected chi connectivity index (χ4v) is 1.74. The highest BCUT2D eigenvalue weighted by Gasteiger charge is 2.08. The van der Waals surface area contributed by atoms with Gasteiger partial charge in [0.1, 0.15) is 0 Å². The Balaban J connectivity index is 2.46. The van der Waals surface area contributed by atoms with E-state index in [4.69, 9.17) is 16.3 Å². The zero-order chi connectivity index (χ0) is 15.7. The van der Waals surface area contributed by atoms with Gasteiger partial charge < -0.3 is 10.1 Å². The van der Waals surface area contributed by atoms with Gasteiger partial charge in [-0.3, -0.25) is 4.79 Å². The van der Waals surface area contributed by atoms with Crippen LogP contribution in [0, 0.1) is 0 Å². The molecule has 0 fully saturated rings. The molecule has 1 N–H and O–H groups in total. The van der Waals surface area contributed by atoms with Gasteiger partial charge >= 0.3 is 5.97 Å². The molecule has 0 saturated heterocycles. The van der Waals surface area contributed by atoms with Crippen molar-refractivity contribution in [3.8, 4) is 0 Å². The molecule has 1 aromatic carbocycles. The number of rotatable bonds is 8. The molecule has 0 heterocycles. The molecule has 0 aliphatic rings. The summed E-state index contributed by atoms with van der Waals surface area (Å²) in [6, 6.07) is 6.68. The largest absolute Gasteiger partial charge is 0.462 e. The molecule has 1 aromatic rings. The highest BCUT2D eigenvalue weighted by atomic mass is 35.5. The monoisotopic (exact) mass is 311 g/mol.